The van der Waals surface area contributed by atoms with E-state index in [1.54, 1.807) is 0 Å². The van der Waals surface area contributed by atoms with Crippen LogP contribution in [0.15, 0.2) is 0 Å². The number of carbonyl (C=O) groups is 1. The number of nitrogens with zero attached hydrogens (tertiary/aromatic N) is 1. The highest BCUT2D eigenvalue weighted by atomic mass is 16.3. The Kier molecular flexibility index (Phi) is 4.81. The van der Waals surface area contributed by atoms with Crippen molar-refractivity contribution < 1.29 is 9.90 Å². The van der Waals surface area contributed by atoms with Crippen LogP contribution in [0, 0.1) is 58.7 Å². The minimum atomic E-state index is -0.537. The van der Waals surface area contributed by atoms with Crippen LogP contribution in [-0.4, -0.2) is 40.5 Å². The first kappa shape index (κ1) is 21.1. The second kappa shape index (κ2) is 7.05. The molecule has 4 aliphatic carbocycles. The molecular weight excluding hydrogens is 382 g/mol. The summed E-state index contributed by atoms with van der Waals surface area (Å²) in [7, 11) is 0. The summed E-state index contributed by atoms with van der Waals surface area (Å²) in [5.74, 6) is 6.39. The largest absolute Gasteiger partial charge is 0.388 e. The van der Waals surface area contributed by atoms with Crippen LogP contribution in [0.4, 0.5) is 0 Å². The number of carbonyl (C=O) groups excluding carboxylic acids is 1. The fourth-order valence-corrected chi connectivity index (χ4v) is 10.6. The monoisotopic (exact) mass is 427 g/mol. The number of hydrogen-bond donors (Lipinski definition) is 1. The van der Waals surface area contributed by atoms with Crippen molar-refractivity contribution in [2.75, 3.05) is 13.1 Å². The summed E-state index contributed by atoms with van der Waals surface area (Å²) >= 11 is 0. The SMILES string of the molecule is C[C@@H]1CC[C@]2(C)[C@H](C1)C(=O)C[C@@H]1[C@@H]3CC[C@@H]4[C@H](CN5C[C@H](C)CC[C@@H]5[C@]4(C)O)[C@@H]3C[C@H]12. The lowest BCUT2D eigenvalue weighted by molar-refractivity contribution is -0.175. The molecule has 4 saturated carbocycles. The van der Waals surface area contributed by atoms with Crippen molar-refractivity contribution in [2.24, 2.45) is 58.7 Å². The van der Waals surface area contributed by atoms with E-state index in [1.165, 1.54) is 58.0 Å². The van der Waals surface area contributed by atoms with E-state index in [2.05, 4.69) is 32.6 Å². The summed E-state index contributed by atoms with van der Waals surface area (Å²) in [6, 6.07) is 0.369. The average molecular weight is 428 g/mol. The molecule has 2 heterocycles. The summed E-state index contributed by atoms with van der Waals surface area (Å²) < 4.78 is 0. The molecule has 174 valence electrons. The zero-order chi connectivity index (χ0) is 21.7. The van der Waals surface area contributed by atoms with E-state index < -0.39 is 5.60 Å². The fraction of sp³-hybridized carbons (Fsp3) is 0.964. The first-order chi connectivity index (χ1) is 14.7. The third-order valence-corrected chi connectivity index (χ3v) is 12.1. The van der Waals surface area contributed by atoms with Gasteiger partial charge in [-0.1, -0.05) is 27.2 Å². The van der Waals surface area contributed by atoms with Gasteiger partial charge in [0.25, 0.3) is 0 Å². The molecule has 3 heteroatoms. The van der Waals surface area contributed by atoms with Crippen LogP contribution in [0.1, 0.15) is 85.5 Å². The van der Waals surface area contributed by atoms with E-state index in [0.717, 1.165) is 42.4 Å². The molecule has 0 aromatic carbocycles. The second-order valence-electron chi connectivity index (χ2n) is 13.7. The zero-order valence-electron chi connectivity index (χ0n) is 20.4. The summed E-state index contributed by atoms with van der Waals surface area (Å²) in [6.07, 6.45) is 10.8. The van der Waals surface area contributed by atoms with Gasteiger partial charge in [0.05, 0.1) is 5.60 Å². The minimum Gasteiger partial charge on any atom is -0.388 e. The van der Waals surface area contributed by atoms with Crippen LogP contribution in [0.3, 0.4) is 0 Å². The van der Waals surface area contributed by atoms with Crippen molar-refractivity contribution in [3.8, 4) is 0 Å². The third kappa shape index (κ3) is 2.94. The van der Waals surface area contributed by atoms with Crippen LogP contribution in [0.5, 0.6) is 0 Å². The Bertz CT molecular complexity index is 747. The van der Waals surface area contributed by atoms with E-state index in [9.17, 15) is 9.90 Å². The quantitative estimate of drug-likeness (QED) is 0.580. The molecule has 31 heavy (non-hydrogen) atoms. The molecule has 0 aromatic rings. The van der Waals surface area contributed by atoms with E-state index in [-0.39, 0.29) is 5.41 Å². The molecule has 0 amide bonds. The van der Waals surface area contributed by atoms with Crippen molar-refractivity contribution in [2.45, 2.75) is 97.1 Å². The van der Waals surface area contributed by atoms with Crippen LogP contribution >= 0.6 is 0 Å². The van der Waals surface area contributed by atoms with E-state index in [1.807, 2.05) is 0 Å². The normalized spacial score (nSPS) is 59.2. The maximum Gasteiger partial charge on any atom is 0.136 e. The van der Waals surface area contributed by atoms with Gasteiger partial charge in [0.15, 0.2) is 0 Å². The molecule has 0 spiro atoms. The Morgan fingerprint density at radius 2 is 1.65 bits per heavy atom. The molecule has 2 saturated heterocycles. The number of aliphatic hydroxyl groups is 1. The lowest BCUT2D eigenvalue weighted by atomic mass is 9.51. The molecule has 1 N–H and O–H groups in total. The highest BCUT2D eigenvalue weighted by Gasteiger charge is 2.64. The number of rotatable bonds is 0. The van der Waals surface area contributed by atoms with Crippen molar-refractivity contribution in [3.05, 3.63) is 0 Å². The maximum atomic E-state index is 13.4. The van der Waals surface area contributed by atoms with Gasteiger partial charge in [-0.05, 0) is 105 Å². The molecule has 12 atom stereocenters. The molecule has 3 nitrogen and oxygen atoms in total. The summed E-state index contributed by atoms with van der Waals surface area (Å²) in [6.45, 7) is 11.8. The Hall–Kier alpha value is -0.410. The fourth-order valence-electron chi connectivity index (χ4n) is 10.6. The van der Waals surface area contributed by atoms with Gasteiger partial charge in [-0.25, -0.2) is 0 Å². The molecule has 6 rings (SSSR count). The molecule has 0 bridgehead atoms. The van der Waals surface area contributed by atoms with Crippen molar-refractivity contribution in [3.63, 3.8) is 0 Å². The van der Waals surface area contributed by atoms with Gasteiger partial charge in [0.1, 0.15) is 5.78 Å². The van der Waals surface area contributed by atoms with Gasteiger partial charge in [0, 0.05) is 31.5 Å². The van der Waals surface area contributed by atoms with Crippen LogP contribution in [-0.2, 0) is 4.79 Å². The topological polar surface area (TPSA) is 40.5 Å². The van der Waals surface area contributed by atoms with Gasteiger partial charge in [-0.3, -0.25) is 9.69 Å². The molecule has 2 aliphatic heterocycles. The number of Topliss-reactive ketones (excluding diaryl/α,β-unsaturated/α-hetero) is 1. The van der Waals surface area contributed by atoms with E-state index in [4.69, 9.17) is 0 Å². The Morgan fingerprint density at radius 1 is 0.839 bits per heavy atom. The molecule has 0 aromatic heterocycles. The lowest BCUT2D eigenvalue weighted by Crippen LogP contribution is -2.67. The highest BCUT2D eigenvalue weighted by molar-refractivity contribution is 5.83. The van der Waals surface area contributed by atoms with E-state index >= 15 is 0 Å². The first-order valence-corrected chi connectivity index (χ1v) is 13.7. The molecule has 0 radical (unpaired) electrons. The van der Waals surface area contributed by atoms with Gasteiger partial charge in [-0.2, -0.15) is 0 Å². The molecular formula is C28H45NO2. The maximum absolute atomic E-state index is 13.4. The Morgan fingerprint density at radius 3 is 2.45 bits per heavy atom. The molecule has 6 aliphatic rings. The predicted molar refractivity (Wildman–Crippen MR) is 123 cm³/mol. The summed E-state index contributed by atoms with van der Waals surface area (Å²) in [5, 5.41) is 11.8. The third-order valence-electron chi connectivity index (χ3n) is 12.1. The number of fused-ring (bicyclic) bond motifs is 8. The first-order valence-electron chi connectivity index (χ1n) is 13.7. The standard InChI is InChI=1S/C28H45NO2/c1-16-9-10-27(3)23-12-19-18(20(23)13-25(30)24(27)11-16)6-7-22-21(19)15-29-14-17(2)5-8-26(29)28(22,4)31/h16-24,26,31H,5-15H2,1-4H3/t16-,17-,18-,19-,20-,21-,22-,23-,24-,26-,27+,28-/m1/s1. The number of ketones is 1. The van der Waals surface area contributed by atoms with Gasteiger partial charge < -0.3 is 5.11 Å². The Balaban J connectivity index is 1.31. The van der Waals surface area contributed by atoms with Crippen LogP contribution in [0.25, 0.3) is 0 Å². The van der Waals surface area contributed by atoms with Crippen LogP contribution in [0.2, 0.25) is 0 Å². The van der Waals surface area contributed by atoms with Gasteiger partial charge >= 0.3 is 0 Å². The van der Waals surface area contributed by atoms with Crippen molar-refractivity contribution >= 4 is 5.78 Å². The van der Waals surface area contributed by atoms with Crippen molar-refractivity contribution in [1.29, 1.82) is 0 Å². The smallest absolute Gasteiger partial charge is 0.136 e. The minimum absolute atomic E-state index is 0.249. The predicted octanol–water partition coefficient (Wildman–Crippen LogP) is 5.16. The van der Waals surface area contributed by atoms with Crippen LogP contribution < -0.4 is 0 Å². The molecule has 0 unspecified atom stereocenters. The van der Waals surface area contributed by atoms with Gasteiger partial charge in [-0.15, -0.1) is 0 Å². The number of piperidine rings is 2. The highest BCUT2D eigenvalue weighted by Crippen LogP contribution is 2.67. The summed E-state index contributed by atoms with van der Waals surface area (Å²) in [5.41, 5.74) is -0.289. The van der Waals surface area contributed by atoms with Gasteiger partial charge in [0.2, 0.25) is 0 Å². The van der Waals surface area contributed by atoms with E-state index in [0.29, 0.717) is 35.5 Å². The molecule has 6 fully saturated rings. The zero-order valence-corrected chi connectivity index (χ0v) is 20.4. The second-order valence-corrected chi connectivity index (χ2v) is 13.7. The average Bonchev–Trinajstić information content (AvgIpc) is 3.09. The number of hydrogen-bond acceptors (Lipinski definition) is 3. The Labute approximate surface area is 189 Å². The van der Waals surface area contributed by atoms with Crippen molar-refractivity contribution in [1.82, 2.24) is 4.90 Å². The summed E-state index contributed by atoms with van der Waals surface area (Å²) in [4.78, 5) is 16.1. The lowest BCUT2D eigenvalue weighted by Gasteiger charge is -2.59.